The molecule has 0 saturated carbocycles. The van der Waals surface area contributed by atoms with Crippen LogP contribution in [-0.4, -0.2) is 17.7 Å². The van der Waals surface area contributed by atoms with Crippen LogP contribution in [0.3, 0.4) is 0 Å². The Morgan fingerprint density at radius 2 is 1.84 bits per heavy atom. The maximum absolute atomic E-state index is 10.5. The number of unbranched alkanes of at least 4 members (excludes halogenated alkanes) is 2. The van der Waals surface area contributed by atoms with Crippen molar-refractivity contribution < 1.29 is 5.11 Å². The zero-order valence-corrected chi connectivity index (χ0v) is 12.9. The second kappa shape index (κ2) is 8.34. The topological polar surface area (TPSA) is 32.3 Å². The first-order valence-corrected chi connectivity index (χ1v) is 7.58. The number of hydrogen-bond donors (Lipinski definition) is 2. The second-order valence-corrected chi connectivity index (χ2v) is 5.46. The van der Waals surface area contributed by atoms with Crippen molar-refractivity contribution in [2.75, 3.05) is 6.54 Å². The Hall–Kier alpha value is -0.860. The van der Waals surface area contributed by atoms with Crippen LogP contribution in [0.5, 0.6) is 0 Å². The van der Waals surface area contributed by atoms with Crippen LogP contribution in [0.1, 0.15) is 62.3 Å². The van der Waals surface area contributed by atoms with Gasteiger partial charge in [0.05, 0.1) is 6.10 Å². The Kier molecular flexibility index (Phi) is 7.11. The lowest BCUT2D eigenvalue weighted by atomic mass is 9.97. The van der Waals surface area contributed by atoms with Gasteiger partial charge in [-0.3, -0.25) is 0 Å². The fourth-order valence-corrected chi connectivity index (χ4v) is 2.32. The lowest BCUT2D eigenvalue weighted by molar-refractivity contribution is 0.126. The molecule has 0 amide bonds. The van der Waals surface area contributed by atoms with Gasteiger partial charge in [0.15, 0.2) is 0 Å². The smallest absolute Gasteiger partial charge is 0.0942 e. The monoisotopic (exact) mass is 263 g/mol. The summed E-state index contributed by atoms with van der Waals surface area (Å²) in [6.07, 6.45) is 4.21. The molecule has 2 N–H and O–H groups in total. The molecule has 0 aliphatic heterocycles. The Balaban J connectivity index is 2.61. The average Bonchev–Trinajstić information content (AvgIpc) is 2.41. The third-order valence-corrected chi connectivity index (χ3v) is 3.88. The Morgan fingerprint density at radius 3 is 2.42 bits per heavy atom. The van der Waals surface area contributed by atoms with Crippen LogP contribution in [0.4, 0.5) is 0 Å². The summed E-state index contributed by atoms with van der Waals surface area (Å²) < 4.78 is 0. The van der Waals surface area contributed by atoms with Gasteiger partial charge in [-0.2, -0.15) is 0 Å². The highest BCUT2D eigenvalue weighted by Gasteiger charge is 2.18. The standard InChI is InChI=1S/C17H29NO/c1-5-7-8-11-18-16(6-2)17(19)15-10-9-13(3)14(4)12-15/h9-10,12,16-19H,5-8,11H2,1-4H3. The van der Waals surface area contributed by atoms with Crippen LogP contribution < -0.4 is 5.32 Å². The summed E-state index contributed by atoms with van der Waals surface area (Å²) >= 11 is 0. The maximum Gasteiger partial charge on any atom is 0.0942 e. The first kappa shape index (κ1) is 16.2. The van der Waals surface area contributed by atoms with E-state index in [9.17, 15) is 5.11 Å². The van der Waals surface area contributed by atoms with E-state index in [-0.39, 0.29) is 6.04 Å². The molecule has 2 nitrogen and oxygen atoms in total. The number of nitrogens with one attached hydrogen (secondary N) is 1. The molecule has 0 spiro atoms. The predicted molar refractivity (Wildman–Crippen MR) is 82.5 cm³/mol. The van der Waals surface area contributed by atoms with Crippen molar-refractivity contribution in [3.8, 4) is 0 Å². The molecule has 2 unspecified atom stereocenters. The van der Waals surface area contributed by atoms with Gasteiger partial charge in [-0.15, -0.1) is 0 Å². The SMILES string of the molecule is CCCCCNC(CC)C(O)c1ccc(C)c(C)c1. The molecular weight excluding hydrogens is 234 g/mol. The predicted octanol–water partition coefficient (Wildman–Crippen LogP) is 3.90. The zero-order valence-electron chi connectivity index (χ0n) is 12.9. The molecule has 0 bridgehead atoms. The summed E-state index contributed by atoms with van der Waals surface area (Å²) in [4.78, 5) is 0. The first-order chi connectivity index (χ1) is 9.10. The molecule has 108 valence electrons. The summed E-state index contributed by atoms with van der Waals surface area (Å²) in [6, 6.07) is 6.40. The van der Waals surface area contributed by atoms with Crippen LogP contribution in [0, 0.1) is 13.8 Å². The molecule has 0 aliphatic carbocycles. The van der Waals surface area contributed by atoms with Crippen LogP contribution in [0.15, 0.2) is 18.2 Å². The van der Waals surface area contributed by atoms with Gasteiger partial charge in [0, 0.05) is 6.04 Å². The van der Waals surface area contributed by atoms with Crippen molar-refractivity contribution >= 4 is 0 Å². The van der Waals surface area contributed by atoms with Crippen molar-refractivity contribution in [2.45, 2.75) is 65.5 Å². The minimum atomic E-state index is -0.411. The molecule has 0 aliphatic rings. The van der Waals surface area contributed by atoms with Gasteiger partial charge in [0.2, 0.25) is 0 Å². The van der Waals surface area contributed by atoms with Gasteiger partial charge in [-0.1, -0.05) is 44.9 Å². The van der Waals surface area contributed by atoms with Crippen LogP contribution in [0.2, 0.25) is 0 Å². The molecule has 0 fully saturated rings. The quantitative estimate of drug-likeness (QED) is 0.697. The number of benzene rings is 1. The molecule has 19 heavy (non-hydrogen) atoms. The summed E-state index contributed by atoms with van der Waals surface area (Å²) in [5.41, 5.74) is 3.55. The Bertz CT molecular complexity index is 376. The van der Waals surface area contributed by atoms with Crippen molar-refractivity contribution in [3.05, 3.63) is 34.9 Å². The number of hydrogen-bond acceptors (Lipinski definition) is 2. The minimum absolute atomic E-state index is 0.152. The molecule has 2 atom stereocenters. The zero-order chi connectivity index (χ0) is 14.3. The lowest BCUT2D eigenvalue weighted by Crippen LogP contribution is -2.35. The first-order valence-electron chi connectivity index (χ1n) is 7.58. The molecule has 0 saturated heterocycles. The van der Waals surface area contributed by atoms with Crippen LogP contribution in [-0.2, 0) is 0 Å². The fraction of sp³-hybridized carbons (Fsp3) is 0.647. The fourth-order valence-electron chi connectivity index (χ4n) is 2.32. The number of aliphatic hydroxyl groups is 1. The van der Waals surface area contributed by atoms with E-state index < -0.39 is 6.10 Å². The summed E-state index contributed by atoms with van der Waals surface area (Å²) in [6.45, 7) is 9.53. The van der Waals surface area contributed by atoms with E-state index in [0.29, 0.717) is 0 Å². The van der Waals surface area contributed by atoms with E-state index in [1.807, 2.05) is 6.07 Å². The van der Waals surface area contributed by atoms with E-state index in [4.69, 9.17) is 0 Å². The molecule has 1 aromatic rings. The van der Waals surface area contributed by atoms with E-state index in [1.165, 1.54) is 30.4 Å². The van der Waals surface area contributed by atoms with Gasteiger partial charge in [-0.25, -0.2) is 0 Å². The summed E-state index contributed by atoms with van der Waals surface area (Å²) in [5.74, 6) is 0. The summed E-state index contributed by atoms with van der Waals surface area (Å²) in [5, 5.41) is 14.0. The number of aliphatic hydroxyl groups excluding tert-OH is 1. The molecule has 0 heterocycles. The van der Waals surface area contributed by atoms with Crippen LogP contribution >= 0.6 is 0 Å². The number of rotatable bonds is 8. The minimum Gasteiger partial charge on any atom is -0.387 e. The van der Waals surface area contributed by atoms with E-state index in [2.05, 4.69) is 45.1 Å². The summed E-state index contributed by atoms with van der Waals surface area (Å²) in [7, 11) is 0. The largest absolute Gasteiger partial charge is 0.387 e. The van der Waals surface area contributed by atoms with Crippen molar-refractivity contribution in [3.63, 3.8) is 0 Å². The molecule has 1 rings (SSSR count). The van der Waals surface area contributed by atoms with E-state index in [0.717, 1.165) is 18.5 Å². The van der Waals surface area contributed by atoms with Crippen molar-refractivity contribution in [1.29, 1.82) is 0 Å². The molecular formula is C17H29NO. The number of aryl methyl sites for hydroxylation is 2. The van der Waals surface area contributed by atoms with Gasteiger partial charge in [0.1, 0.15) is 0 Å². The lowest BCUT2D eigenvalue weighted by Gasteiger charge is -2.24. The molecule has 1 aromatic carbocycles. The normalized spacial score (nSPS) is 14.4. The van der Waals surface area contributed by atoms with Gasteiger partial charge in [-0.05, 0) is 49.9 Å². The Labute approximate surface area is 118 Å². The van der Waals surface area contributed by atoms with E-state index in [1.54, 1.807) is 0 Å². The van der Waals surface area contributed by atoms with Crippen molar-refractivity contribution in [2.24, 2.45) is 0 Å². The molecule has 0 aromatic heterocycles. The third-order valence-electron chi connectivity index (χ3n) is 3.88. The van der Waals surface area contributed by atoms with Gasteiger partial charge < -0.3 is 10.4 Å². The highest BCUT2D eigenvalue weighted by molar-refractivity contribution is 5.31. The van der Waals surface area contributed by atoms with E-state index >= 15 is 0 Å². The second-order valence-electron chi connectivity index (χ2n) is 5.46. The third kappa shape index (κ3) is 4.96. The molecule has 2 heteroatoms. The molecule has 0 radical (unpaired) electrons. The van der Waals surface area contributed by atoms with Gasteiger partial charge in [0.25, 0.3) is 0 Å². The van der Waals surface area contributed by atoms with Crippen molar-refractivity contribution in [1.82, 2.24) is 5.32 Å². The highest BCUT2D eigenvalue weighted by atomic mass is 16.3. The van der Waals surface area contributed by atoms with Gasteiger partial charge >= 0.3 is 0 Å². The highest BCUT2D eigenvalue weighted by Crippen LogP contribution is 2.21. The Morgan fingerprint density at radius 1 is 1.11 bits per heavy atom. The maximum atomic E-state index is 10.5. The average molecular weight is 263 g/mol. The van der Waals surface area contributed by atoms with Crippen LogP contribution in [0.25, 0.3) is 0 Å².